The van der Waals surface area contributed by atoms with Crippen molar-refractivity contribution in [2.24, 2.45) is 10.9 Å². The first-order valence-electron chi connectivity index (χ1n) is 10.8. The van der Waals surface area contributed by atoms with Gasteiger partial charge < -0.3 is 15.1 Å². The van der Waals surface area contributed by atoms with Gasteiger partial charge in [0, 0.05) is 25.6 Å². The predicted molar refractivity (Wildman–Crippen MR) is 108 cm³/mol. The molecule has 0 radical (unpaired) electrons. The predicted octanol–water partition coefficient (Wildman–Crippen LogP) is 3.96. The Morgan fingerprint density at radius 3 is 2.59 bits per heavy atom. The van der Waals surface area contributed by atoms with E-state index in [1.807, 2.05) is 12.1 Å². The topological polar surface area (TPSA) is 52.8 Å². The number of aliphatic imine (C=N–C) groups is 1. The van der Waals surface area contributed by atoms with Crippen LogP contribution >= 0.6 is 0 Å². The van der Waals surface area contributed by atoms with E-state index < -0.39 is 12.7 Å². The second-order valence-electron chi connectivity index (χ2n) is 8.24. The first-order valence-corrected chi connectivity index (χ1v) is 10.8. The summed E-state index contributed by atoms with van der Waals surface area (Å²) < 4.78 is 42.9. The molecular formula is C21H33F3N4O. The Kier molecular flexibility index (Phi) is 8.27. The van der Waals surface area contributed by atoms with Crippen LogP contribution in [0.1, 0.15) is 50.7 Å². The minimum Gasteiger partial charge on any atom is -0.469 e. The summed E-state index contributed by atoms with van der Waals surface area (Å²) in [7, 11) is 0. The fourth-order valence-corrected chi connectivity index (χ4v) is 4.22. The smallest absolute Gasteiger partial charge is 0.401 e. The van der Waals surface area contributed by atoms with Gasteiger partial charge in [0.25, 0.3) is 0 Å². The summed E-state index contributed by atoms with van der Waals surface area (Å²) in [5.74, 6) is 2.25. The van der Waals surface area contributed by atoms with Crippen LogP contribution in [0.2, 0.25) is 0 Å². The molecule has 5 nitrogen and oxygen atoms in total. The molecule has 2 fully saturated rings. The van der Waals surface area contributed by atoms with Gasteiger partial charge in [-0.1, -0.05) is 12.8 Å². The lowest BCUT2D eigenvalue weighted by Crippen LogP contribution is -2.43. The number of halogens is 3. The van der Waals surface area contributed by atoms with Crippen LogP contribution in [0, 0.1) is 5.92 Å². The lowest BCUT2D eigenvalue weighted by Gasteiger charge is -2.32. The highest BCUT2D eigenvalue weighted by atomic mass is 19.4. The van der Waals surface area contributed by atoms with Gasteiger partial charge in [0.2, 0.25) is 0 Å². The number of alkyl halides is 3. The summed E-state index contributed by atoms with van der Waals surface area (Å²) in [5.41, 5.74) is 0. The summed E-state index contributed by atoms with van der Waals surface area (Å²) in [6.45, 7) is 1.73. The van der Waals surface area contributed by atoms with Crippen molar-refractivity contribution in [2.75, 3.05) is 32.7 Å². The minimum absolute atomic E-state index is 0.457. The third-order valence-electron chi connectivity index (χ3n) is 5.86. The maximum atomic E-state index is 12.5. The lowest BCUT2D eigenvalue weighted by molar-refractivity contribution is -0.148. The molecule has 0 unspecified atom stereocenters. The first kappa shape index (κ1) is 22.0. The van der Waals surface area contributed by atoms with Gasteiger partial charge in [0.05, 0.1) is 12.8 Å². The first-order chi connectivity index (χ1) is 14.0. The van der Waals surface area contributed by atoms with Crippen molar-refractivity contribution < 1.29 is 17.6 Å². The van der Waals surface area contributed by atoms with Crippen molar-refractivity contribution in [2.45, 2.75) is 63.6 Å². The zero-order chi connectivity index (χ0) is 20.5. The molecule has 0 bridgehead atoms. The Morgan fingerprint density at radius 1 is 1.17 bits per heavy atom. The summed E-state index contributed by atoms with van der Waals surface area (Å²) in [4.78, 5) is 6.27. The van der Waals surface area contributed by atoms with Gasteiger partial charge in [-0.15, -0.1) is 0 Å². The average Bonchev–Trinajstić information content (AvgIpc) is 3.36. The van der Waals surface area contributed by atoms with E-state index in [9.17, 15) is 13.2 Å². The van der Waals surface area contributed by atoms with Gasteiger partial charge in [-0.05, 0) is 63.2 Å². The van der Waals surface area contributed by atoms with Crippen LogP contribution in [0.3, 0.4) is 0 Å². The second kappa shape index (κ2) is 10.9. The van der Waals surface area contributed by atoms with E-state index in [0.717, 1.165) is 43.9 Å². The van der Waals surface area contributed by atoms with E-state index >= 15 is 0 Å². The van der Waals surface area contributed by atoms with Crippen molar-refractivity contribution >= 4 is 5.96 Å². The fraction of sp³-hybridized carbons (Fsp3) is 0.762. The van der Waals surface area contributed by atoms with E-state index in [4.69, 9.17) is 9.41 Å². The monoisotopic (exact) mass is 414 g/mol. The number of rotatable bonds is 8. The minimum atomic E-state index is -4.10. The van der Waals surface area contributed by atoms with Crippen molar-refractivity contribution in [1.82, 2.24) is 15.5 Å². The molecule has 0 atom stereocenters. The van der Waals surface area contributed by atoms with E-state index in [1.54, 1.807) is 6.26 Å². The van der Waals surface area contributed by atoms with E-state index in [2.05, 4.69) is 10.6 Å². The number of hydrogen-bond donors (Lipinski definition) is 2. The number of guanidine groups is 1. The van der Waals surface area contributed by atoms with E-state index in [1.165, 1.54) is 30.6 Å². The molecule has 2 aliphatic rings. The van der Waals surface area contributed by atoms with Gasteiger partial charge in [-0.2, -0.15) is 13.2 Å². The Morgan fingerprint density at radius 2 is 1.93 bits per heavy atom. The zero-order valence-corrected chi connectivity index (χ0v) is 17.0. The van der Waals surface area contributed by atoms with Crippen LogP contribution < -0.4 is 10.6 Å². The van der Waals surface area contributed by atoms with E-state index in [0.29, 0.717) is 31.6 Å². The normalized spacial score (nSPS) is 20.3. The molecule has 164 valence electrons. The van der Waals surface area contributed by atoms with Crippen molar-refractivity contribution in [3.8, 4) is 0 Å². The van der Waals surface area contributed by atoms with Crippen molar-refractivity contribution in [3.05, 3.63) is 24.2 Å². The Bertz CT molecular complexity index is 604. The number of nitrogens with zero attached hydrogens (tertiary/aromatic N) is 2. The molecule has 1 aromatic heterocycles. The maximum absolute atomic E-state index is 12.5. The summed E-state index contributed by atoms with van der Waals surface area (Å²) in [6.07, 6.45) is 5.83. The Balaban J connectivity index is 1.41. The molecule has 0 spiro atoms. The second-order valence-corrected chi connectivity index (χ2v) is 8.24. The molecule has 1 aromatic rings. The lowest BCUT2D eigenvalue weighted by atomic mass is 9.93. The van der Waals surface area contributed by atoms with Gasteiger partial charge >= 0.3 is 6.18 Å². The number of likely N-dealkylation sites (tertiary alicyclic amines) is 1. The zero-order valence-electron chi connectivity index (χ0n) is 17.0. The highest BCUT2D eigenvalue weighted by Crippen LogP contribution is 2.24. The highest BCUT2D eigenvalue weighted by molar-refractivity contribution is 5.80. The van der Waals surface area contributed by atoms with Gasteiger partial charge in [0.15, 0.2) is 5.96 Å². The molecule has 0 amide bonds. The van der Waals surface area contributed by atoms with Gasteiger partial charge in [-0.25, -0.2) is 0 Å². The van der Waals surface area contributed by atoms with Crippen LogP contribution in [0.25, 0.3) is 0 Å². The van der Waals surface area contributed by atoms with E-state index in [-0.39, 0.29) is 0 Å². The number of furan rings is 1. The molecule has 29 heavy (non-hydrogen) atoms. The molecule has 1 aliphatic heterocycles. The Hall–Kier alpha value is -1.70. The summed E-state index contributed by atoms with van der Waals surface area (Å²) in [5, 5.41) is 6.94. The Labute approximate surface area is 171 Å². The van der Waals surface area contributed by atoms with Crippen molar-refractivity contribution in [1.29, 1.82) is 0 Å². The standard InChI is InChI=1S/C21H33F3N4O/c22-21(23,24)16-28-13-9-17(10-14-28)7-11-25-20(27-18-4-1-2-5-18)26-12-8-19-6-3-15-29-19/h3,6,15,17-18H,1-2,4-5,7-14,16H2,(H2,25,26,27). The molecule has 2 heterocycles. The molecule has 2 N–H and O–H groups in total. The SMILES string of the molecule is FC(F)(F)CN1CCC(CCN=C(NCCc2ccco2)NC2CCCC2)CC1. The molecule has 3 rings (SSSR count). The van der Waals surface area contributed by atoms with Crippen LogP contribution in [0.15, 0.2) is 27.8 Å². The number of nitrogens with one attached hydrogen (secondary N) is 2. The summed E-state index contributed by atoms with van der Waals surface area (Å²) in [6, 6.07) is 4.34. The molecule has 0 aromatic carbocycles. The van der Waals surface area contributed by atoms with Crippen LogP contribution in [-0.2, 0) is 6.42 Å². The highest BCUT2D eigenvalue weighted by Gasteiger charge is 2.32. The average molecular weight is 415 g/mol. The molecular weight excluding hydrogens is 381 g/mol. The number of piperidine rings is 1. The van der Waals surface area contributed by atoms with Gasteiger partial charge in [0.1, 0.15) is 5.76 Å². The summed E-state index contributed by atoms with van der Waals surface area (Å²) >= 11 is 0. The third kappa shape index (κ3) is 8.28. The fourth-order valence-electron chi connectivity index (χ4n) is 4.22. The molecule has 8 heteroatoms. The number of hydrogen-bond acceptors (Lipinski definition) is 3. The quantitative estimate of drug-likeness (QED) is 0.499. The van der Waals surface area contributed by atoms with Crippen molar-refractivity contribution in [3.63, 3.8) is 0 Å². The molecule has 1 aliphatic carbocycles. The van der Waals surface area contributed by atoms with Crippen LogP contribution in [0.5, 0.6) is 0 Å². The van der Waals surface area contributed by atoms with Crippen LogP contribution in [-0.4, -0.2) is 55.8 Å². The maximum Gasteiger partial charge on any atom is 0.401 e. The molecule has 1 saturated heterocycles. The molecule has 1 saturated carbocycles. The third-order valence-corrected chi connectivity index (χ3v) is 5.86. The van der Waals surface area contributed by atoms with Crippen LogP contribution in [0.4, 0.5) is 13.2 Å². The van der Waals surface area contributed by atoms with Gasteiger partial charge in [-0.3, -0.25) is 9.89 Å². The largest absolute Gasteiger partial charge is 0.469 e.